The minimum absolute atomic E-state index is 0. The van der Waals surface area contributed by atoms with Crippen LogP contribution in [-0.4, -0.2) is 27.9 Å². The predicted octanol–water partition coefficient (Wildman–Crippen LogP) is 4.75. The average molecular weight is 437 g/mol. The van der Waals surface area contributed by atoms with Gasteiger partial charge >= 0.3 is 6.03 Å². The molecule has 2 amide bonds. The number of aromatic nitrogens is 2. The SMILES string of the molecule is Cc1cc(-n2cc(C)c(C)n2)ccc1OCc1c(NC(=O)N(C)N)cccc1C1CC1.N. The topological polar surface area (TPSA) is 120 Å². The van der Waals surface area contributed by atoms with Crippen molar-refractivity contribution in [1.82, 2.24) is 20.9 Å². The molecule has 32 heavy (non-hydrogen) atoms. The summed E-state index contributed by atoms with van der Waals surface area (Å²) in [6, 6.07) is 11.7. The van der Waals surface area contributed by atoms with E-state index in [-0.39, 0.29) is 12.2 Å². The van der Waals surface area contributed by atoms with E-state index in [0.29, 0.717) is 12.5 Å². The fraction of sp³-hybridized carbons (Fsp3) is 0.333. The first kappa shape index (κ1) is 23.3. The number of nitrogens with zero attached hydrogens (tertiary/aromatic N) is 3. The number of ether oxygens (including phenoxy) is 1. The van der Waals surface area contributed by atoms with E-state index in [0.717, 1.165) is 57.4 Å². The first-order valence-electron chi connectivity index (χ1n) is 10.5. The third-order valence-electron chi connectivity index (χ3n) is 5.73. The van der Waals surface area contributed by atoms with Crippen molar-refractivity contribution in [2.24, 2.45) is 5.84 Å². The average Bonchev–Trinajstić information content (AvgIpc) is 3.52. The minimum atomic E-state index is -0.362. The summed E-state index contributed by atoms with van der Waals surface area (Å²) in [4.78, 5) is 12.1. The Kier molecular flexibility index (Phi) is 6.86. The number of rotatable bonds is 6. The Morgan fingerprint density at radius 2 is 1.97 bits per heavy atom. The number of carbonyl (C=O) groups excluding carboxylic acids is 1. The lowest BCUT2D eigenvalue weighted by Crippen LogP contribution is -2.37. The fourth-order valence-corrected chi connectivity index (χ4v) is 3.63. The molecule has 0 bridgehead atoms. The highest BCUT2D eigenvalue weighted by Gasteiger charge is 2.27. The maximum absolute atomic E-state index is 12.1. The van der Waals surface area contributed by atoms with Crippen molar-refractivity contribution < 1.29 is 9.53 Å². The number of hydrogen-bond donors (Lipinski definition) is 3. The van der Waals surface area contributed by atoms with Crippen LogP contribution in [0.5, 0.6) is 5.75 Å². The molecular weight excluding hydrogens is 404 g/mol. The zero-order chi connectivity index (χ0) is 22.1. The van der Waals surface area contributed by atoms with Gasteiger partial charge in [-0.05, 0) is 80.5 Å². The Bertz CT molecular complexity index is 1100. The molecule has 1 aliphatic carbocycles. The number of hydrazine groups is 1. The van der Waals surface area contributed by atoms with E-state index in [4.69, 9.17) is 10.6 Å². The van der Waals surface area contributed by atoms with Gasteiger partial charge in [-0.2, -0.15) is 5.10 Å². The van der Waals surface area contributed by atoms with Crippen molar-refractivity contribution in [2.45, 2.75) is 46.1 Å². The zero-order valence-corrected chi connectivity index (χ0v) is 19.2. The summed E-state index contributed by atoms with van der Waals surface area (Å²) in [7, 11) is 1.52. The van der Waals surface area contributed by atoms with Crippen LogP contribution in [0.25, 0.3) is 5.69 Å². The highest BCUT2D eigenvalue weighted by Crippen LogP contribution is 2.43. The zero-order valence-electron chi connectivity index (χ0n) is 19.2. The van der Waals surface area contributed by atoms with Crippen LogP contribution in [0.15, 0.2) is 42.6 Å². The monoisotopic (exact) mass is 436 g/mol. The van der Waals surface area contributed by atoms with Crippen molar-refractivity contribution in [1.29, 1.82) is 0 Å². The molecule has 1 aliphatic rings. The van der Waals surface area contributed by atoms with Crippen molar-refractivity contribution in [2.75, 3.05) is 12.4 Å². The second kappa shape index (κ2) is 9.42. The lowest BCUT2D eigenvalue weighted by atomic mass is 10.0. The van der Waals surface area contributed by atoms with Gasteiger partial charge in [-0.15, -0.1) is 0 Å². The molecule has 8 nitrogen and oxygen atoms in total. The summed E-state index contributed by atoms with van der Waals surface area (Å²) in [5.74, 6) is 6.92. The van der Waals surface area contributed by atoms with E-state index in [9.17, 15) is 4.79 Å². The molecule has 3 aromatic rings. The minimum Gasteiger partial charge on any atom is -0.489 e. The van der Waals surface area contributed by atoms with Gasteiger partial charge in [-0.3, -0.25) is 5.01 Å². The standard InChI is InChI=1S/C24H29N5O2.H3N/c1-15-12-19(29-13-16(2)17(3)27-29)10-11-23(15)31-14-21-20(18-8-9-18)6-5-7-22(21)26-24(30)28(4)25;/h5-7,10-13,18H,8-9,14,25H2,1-4H3,(H,26,30);1H3. The van der Waals surface area contributed by atoms with Crippen LogP contribution in [0.1, 0.15) is 46.7 Å². The number of aryl methyl sites for hydroxylation is 3. The predicted molar refractivity (Wildman–Crippen MR) is 127 cm³/mol. The van der Waals surface area contributed by atoms with Crippen molar-refractivity contribution in [3.05, 3.63) is 70.5 Å². The van der Waals surface area contributed by atoms with Gasteiger partial charge in [0.1, 0.15) is 12.4 Å². The number of amides is 2. The van der Waals surface area contributed by atoms with E-state index in [1.54, 1.807) is 0 Å². The third-order valence-corrected chi connectivity index (χ3v) is 5.73. The van der Waals surface area contributed by atoms with Crippen LogP contribution in [0.4, 0.5) is 10.5 Å². The summed E-state index contributed by atoms with van der Waals surface area (Å²) < 4.78 is 8.11. The van der Waals surface area contributed by atoms with Gasteiger partial charge in [-0.1, -0.05) is 12.1 Å². The van der Waals surface area contributed by atoms with E-state index in [1.807, 2.05) is 49.0 Å². The molecule has 1 fully saturated rings. The highest BCUT2D eigenvalue weighted by molar-refractivity contribution is 5.89. The number of carbonyl (C=O) groups is 1. The Hall–Kier alpha value is -3.36. The Morgan fingerprint density at radius 1 is 1.22 bits per heavy atom. The van der Waals surface area contributed by atoms with Crippen LogP contribution in [0, 0.1) is 20.8 Å². The summed E-state index contributed by atoms with van der Waals surface area (Å²) in [5.41, 5.74) is 7.18. The Labute approximate surface area is 188 Å². The van der Waals surface area contributed by atoms with Crippen molar-refractivity contribution in [3.8, 4) is 11.4 Å². The first-order chi connectivity index (χ1) is 14.8. The molecule has 1 heterocycles. The van der Waals surface area contributed by atoms with E-state index >= 15 is 0 Å². The second-order valence-electron chi connectivity index (χ2n) is 8.27. The maximum atomic E-state index is 12.1. The number of benzene rings is 2. The molecule has 0 saturated heterocycles. The summed E-state index contributed by atoms with van der Waals surface area (Å²) in [6.07, 6.45) is 4.36. The fourth-order valence-electron chi connectivity index (χ4n) is 3.63. The molecule has 6 N–H and O–H groups in total. The molecular formula is C24H32N6O2. The van der Waals surface area contributed by atoms with E-state index < -0.39 is 0 Å². The number of urea groups is 1. The van der Waals surface area contributed by atoms with Crippen LogP contribution < -0.4 is 22.0 Å². The molecule has 0 atom stereocenters. The third kappa shape index (κ3) is 4.92. The first-order valence-corrected chi connectivity index (χ1v) is 10.5. The van der Waals surface area contributed by atoms with Crippen molar-refractivity contribution >= 4 is 11.7 Å². The number of hydrogen-bond acceptors (Lipinski definition) is 5. The van der Waals surface area contributed by atoms with Crippen LogP contribution in [0.2, 0.25) is 0 Å². The van der Waals surface area contributed by atoms with Crippen molar-refractivity contribution in [3.63, 3.8) is 0 Å². The van der Waals surface area contributed by atoms with Gasteiger partial charge in [0.25, 0.3) is 0 Å². The molecule has 4 rings (SSSR count). The largest absolute Gasteiger partial charge is 0.489 e. The van der Waals surface area contributed by atoms with Crippen LogP contribution >= 0.6 is 0 Å². The smallest absolute Gasteiger partial charge is 0.335 e. The lowest BCUT2D eigenvalue weighted by molar-refractivity contribution is 0.223. The normalized spacial score (nSPS) is 12.8. The van der Waals surface area contributed by atoms with Gasteiger partial charge in [0, 0.05) is 24.5 Å². The van der Waals surface area contributed by atoms with Crippen LogP contribution in [0.3, 0.4) is 0 Å². The molecule has 0 spiro atoms. The lowest BCUT2D eigenvalue weighted by Gasteiger charge is -2.19. The van der Waals surface area contributed by atoms with Gasteiger partial charge in [-0.25, -0.2) is 15.3 Å². The van der Waals surface area contributed by atoms with Crippen LogP contribution in [-0.2, 0) is 6.61 Å². The molecule has 170 valence electrons. The highest BCUT2D eigenvalue weighted by atomic mass is 16.5. The number of nitrogens with one attached hydrogen (secondary N) is 1. The van der Waals surface area contributed by atoms with Gasteiger partial charge in [0.05, 0.1) is 11.4 Å². The Morgan fingerprint density at radius 3 is 2.56 bits per heavy atom. The van der Waals surface area contributed by atoms with E-state index in [1.165, 1.54) is 12.6 Å². The molecule has 8 heteroatoms. The Balaban J connectivity index is 0.00000289. The summed E-state index contributed by atoms with van der Waals surface area (Å²) in [5, 5.41) is 8.49. The van der Waals surface area contributed by atoms with Gasteiger partial charge in [0.2, 0.25) is 0 Å². The summed E-state index contributed by atoms with van der Waals surface area (Å²) >= 11 is 0. The quantitative estimate of drug-likeness (QED) is 0.292. The molecule has 0 unspecified atom stereocenters. The second-order valence-corrected chi connectivity index (χ2v) is 8.27. The molecule has 0 radical (unpaired) electrons. The summed E-state index contributed by atoms with van der Waals surface area (Å²) in [6.45, 7) is 6.46. The molecule has 2 aromatic carbocycles. The van der Waals surface area contributed by atoms with Gasteiger partial charge < -0.3 is 16.2 Å². The van der Waals surface area contributed by atoms with Gasteiger partial charge in [0.15, 0.2) is 0 Å². The molecule has 1 saturated carbocycles. The molecule has 0 aliphatic heterocycles. The van der Waals surface area contributed by atoms with E-state index in [2.05, 4.69) is 29.5 Å². The molecule has 1 aromatic heterocycles. The number of anilines is 1. The number of nitrogens with two attached hydrogens (primary N) is 1. The maximum Gasteiger partial charge on any atom is 0.335 e.